The molecule has 3 nitrogen and oxygen atoms in total. The molecule has 1 aliphatic carbocycles. The maximum absolute atomic E-state index is 13.4. The van der Waals surface area contributed by atoms with Crippen LogP contribution in [0.3, 0.4) is 0 Å². The molecule has 1 fully saturated rings. The summed E-state index contributed by atoms with van der Waals surface area (Å²) in [6.07, 6.45) is -0.152. The van der Waals surface area contributed by atoms with E-state index in [1.165, 1.54) is 0 Å². The lowest BCUT2D eigenvalue weighted by Crippen LogP contribution is -2.41. The van der Waals surface area contributed by atoms with Gasteiger partial charge in [-0.25, -0.2) is 0 Å². The number of nitrogens with zero attached hydrogens (tertiary/aromatic N) is 2. The van der Waals surface area contributed by atoms with Gasteiger partial charge in [0.25, 0.3) is 0 Å². The number of hydrogen-bond acceptors (Lipinski definition) is 2. The first-order valence-electron chi connectivity index (χ1n) is 7.33. The molecule has 3 unspecified atom stereocenters. The van der Waals surface area contributed by atoms with Gasteiger partial charge < -0.3 is 5.32 Å². The van der Waals surface area contributed by atoms with Crippen molar-refractivity contribution in [2.24, 2.45) is 18.9 Å². The van der Waals surface area contributed by atoms with E-state index in [4.69, 9.17) is 0 Å². The molecule has 0 amide bonds. The molecule has 0 saturated heterocycles. The lowest BCUT2D eigenvalue weighted by atomic mass is 9.74. The summed E-state index contributed by atoms with van der Waals surface area (Å²) in [7, 11) is 1.77. The van der Waals surface area contributed by atoms with E-state index in [0.29, 0.717) is 19.4 Å². The highest BCUT2D eigenvalue weighted by Gasteiger charge is 2.48. The van der Waals surface area contributed by atoms with E-state index in [1.54, 1.807) is 17.9 Å². The number of alkyl halides is 3. The van der Waals surface area contributed by atoms with Crippen LogP contribution in [-0.2, 0) is 7.05 Å². The van der Waals surface area contributed by atoms with E-state index < -0.39 is 18.0 Å². The first-order chi connectivity index (χ1) is 9.86. The predicted molar refractivity (Wildman–Crippen MR) is 78.8 cm³/mol. The van der Waals surface area contributed by atoms with Crippen LogP contribution >= 0.6 is 15.9 Å². The quantitative estimate of drug-likeness (QED) is 0.863. The second-order valence-corrected chi connectivity index (χ2v) is 6.49. The second kappa shape index (κ2) is 6.69. The van der Waals surface area contributed by atoms with Crippen molar-refractivity contribution in [2.45, 2.75) is 44.8 Å². The van der Waals surface area contributed by atoms with Crippen LogP contribution in [0.4, 0.5) is 13.2 Å². The molecular weight excluding hydrogens is 347 g/mol. The second-order valence-electron chi connectivity index (χ2n) is 5.63. The summed E-state index contributed by atoms with van der Waals surface area (Å²) >= 11 is 3.42. The largest absolute Gasteiger partial charge is 0.392 e. The zero-order valence-electron chi connectivity index (χ0n) is 12.3. The Balaban J connectivity index is 2.36. The molecule has 0 aromatic carbocycles. The van der Waals surface area contributed by atoms with Crippen LogP contribution < -0.4 is 5.32 Å². The Morgan fingerprint density at radius 1 is 1.43 bits per heavy atom. The smallest absolute Gasteiger partial charge is 0.309 e. The van der Waals surface area contributed by atoms with Gasteiger partial charge in [-0.2, -0.15) is 18.3 Å². The highest BCUT2D eigenvalue weighted by Crippen LogP contribution is 2.47. The van der Waals surface area contributed by atoms with Gasteiger partial charge in [0.15, 0.2) is 0 Å². The molecule has 1 N–H and O–H groups in total. The van der Waals surface area contributed by atoms with Gasteiger partial charge in [-0.3, -0.25) is 4.68 Å². The van der Waals surface area contributed by atoms with Crippen molar-refractivity contribution < 1.29 is 13.2 Å². The average Bonchev–Trinajstić information content (AvgIpc) is 2.75. The highest BCUT2D eigenvalue weighted by atomic mass is 79.9. The summed E-state index contributed by atoms with van der Waals surface area (Å²) in [4.78, 5) is 0. The Bertz CT molecular complexity index is 453. The van der Waals surface area contributed by atoms with Crippen molar-refractivity contribution in [1.29, 1.82) is 0 Å². The Kier molecular flexibility index (Phi) is 5.35. The molecule has 0 radical (unpaired) electrons. The Morgan fingerprint density at radius 3 is 2.62 bits per heavy atom. The van der Waals surface area contributed by atoms with Crippen LogP contribution in [0.15, 0.2) is 10.7 Å². The highest BCUT2D eigenvalue weighted by molar-refractivity contribution is 9.10. The molecule has 3 atom stereocenters. The predicted octanol–water partition coefficient (Wildman–Crippen LogP) is 4.20. The third-order valence-electron chi connectivity index (χ3n) is 4.32. The van der Waals surface area contributed by atoms with Gasteiger partial charge in [0.05, 0.1) is 28.3 Å². The molecule has 1 aromatic rings. The zero-order chi connectivity index (χ0) is 15.6. The summed E-state index contributed by atoms with van der Waals surface area (Å²) in [6.45, 7) is 2.55. The summed E-state index contributed by atoms with van der Waals surface area (Å²) in [6, 6.07) is -0.330. The molecule has 1 saturated carbocycles. The summed E-state index contributed by atoms with van der Waals surface area (Å²) < 4.78 is 42.6. The number of hydrogen-bond donors (Lipinski definition) is 1. The molecule has 0 aliphatic heterocycles. The zero-order valence-corrected chi connectivity index (χ0v) is 13.8. The fourth-order valence-corrected chi connectivity index (χ4v) is 4.00. The van der Waals surface area contributed by atoms with E-state index in [1.807, 2.05) is 6.92 Å². The molecule has 2 rings (SSSR count). The third kappa shape index (κ3) is 3.62. The van der Waals surface area contributed by atoms with Crippen LogP contribution in [-0.4, -0.2) is 22.5 Å². The maximum atomic E-state index is 13.4. The number of aryl methyl sites for hydroxylation is 1. The SMILES string of the molecule is CCNC(c1c(Br)cnn1C)C1CCCCC1C(F)(F)F. The Labute approximate surface area is 131 Å². The molecule has 1 aliphatic rings. The van der Waals surface area contributed by atoms with Gasteiger partial charge in [-0.15, -0.1) is 0 Å². The monoisotopic (exact) mass is 367 g/mol. The molecule has 1 heterocycles. The molecule has 120 valence electrons. The van der Waals surface area contributed by atoms with Crippen molar-refractivity contribution in [3.8, 4) is 0 Å². The van der Waals surface area contributed by atoms with E-state index >= 15 is 0 Å². The minimum atomic E-state index is -4.14. The first kappa shape index (κ1) is 16.8. The third-order valence-corrected chi connectivity index (χ3v) is 4.94. The number of halogens is 4. The average molecular weight is 368 g/mol. The van der Waals surface area contributed by atoms with Crippen LogP contribution in [0.2, 0.25) is 0 Å². The van der Waals surface area contributed by atoms with Crippen molar-refractivity contribution in [2.75, 3.05) is 6.54 Å². The summed E-state index contributed by atoms with van der Waals surface area (Å²) in [5.41, 5.74) is 0.804. The Hall–Kier alpha value is -0.560. The number of aromatic nitrogens is 2. The number of rotatable bonds is 4. The minimum absolute atomic E-state index is 0.228. The lowest BCUT2D eigenvalue weighted by Gasteiger charge is -2.38. The van der Waals surface area contributed by atoms with Crippen LogP contribution in [0, 0.1) is 11.8 Å². The first-order valence-corrected chi connectivity index (χ1v) is 8.13. The van der Waals surface area contributed by atoms with Crippen LogP contribution in [0.1, 0.15) is 44.3 Å². The fraction of sp³-hybridized carbons (Fsp3) is 0.786. The van der Waals surface area contributed by atoms with E-state index in [9.17, 15) is 13.2 Å². The standard InChI is InChI=1S/C14H21BrF3N3/c1-3-19-12(13-11(15)8-20-21(13)2)9-6-4-5-7-10(9)14(16,17)18/h8-10,12,19H,3-7H2,1-2H3. The molecule has 0 bridgehead atoms. The topological polar surface area (TPSA) is 29.9 Å². The van der Waals surface area contributed by atoms with Crippen LogP contribution in [0.25, 0.3) is 0 Å². The van der Waals surface area contributed by atoms with Crippen molar-refractivity contribution >= 4 is 15.9 Å². The normalized spacial score (nSPS) is 25.0. The van der Waals surface area contributed by atoms with Gasteiger partial charge in [0.1, 0.15) is 0 Å². The van der Waals surface area contributed by atoms with E-state index in [2.05, 4.69) is 26.3 Å². The molecule has 0 spiro atoms. The van der Waals surface area contributed by atoms with Crippen molar-refractivity contribution in [1.82, 2.24) is 15.1 Å². The van der Waals surface area contributed by atoms with Crippen LogP contribution in [0.5, 0.6) is 0 Å². The summed E-state index contributed by atoms with van der Waals surface area (Å²) in [5, 5.41) is 7.40. The molecular formula is C14H21BrF3N3. The van der Waals surface area contributed by atoms with Crippen molar-refractivity contribution in [3.63, 3.8) is 0 Å². The van der Waals surface area contributed by atoms with E-state index in [-0.39, 0.29) is 12.5 Å². The van der Waals surface area contributed by atoms with E-state index in [0.717, 1.165) is 16.6 Å². The van der Waals surface area contributed by atoms with Gasteiger partial charge in [0.2, 0.25) is 0 Å². The molecule has 1 aromatic heterocycles. The maximum Gasteiger partial charge on any atom is 0.392 e. The van der Waals surface area contributed by atoms with Gasteiger partial charge in [-0.1, -0.05) is 19.8 Å². The molecule has 21 heavy (non-hydrogen) atoms. The summed E-state index contributed by atoms with van der Waals surface area (Å²) in [5.74, 6) is -1.68. The Morgan fingerprint density at radius 2 is 2.10 bits per heavy atom. The number of nitrogens with one attached hydrogen (secondary N) is 1. The van der Waals surface area contributed by atoms with Gasteiger partial charge in [-0.05, 0) is 41.2 Å². The van der Waals surface area contributed by atoms with Crippen molar-refractivity contribution in [3.05, 3.63) is 16.4 Å². The molecule has 7 heteroatoms. The lowest BCUT2D eigenvalue weighted by molar-refractivity contribution is -0.199. The fourth-order valence-electron chi connectivity index (χ4n) is 3.41. The van der Waals surface area contributed by atoms with Gasteiger partial charge in [0, 0.05) is 7.05 Å². The minimum Gasteiger partial charge on any atom is -0.309 e. The van der Waals surface area contributed by atoms with Gasteiger partial charge >= 0.3 is 6.18 Å².